The number of benzene rings is 1. The van der Waals surface area contributed by atoms with Crippen molar-refractivity contribution < 1.29 is 0 Å². The summed E-state index contributed by atoms with van der Waals surface area (Å²) in [5.41, 5.74) is 3.46. The van der Waals surface area contributed by atoms with Gasteiger partial charge in [0.1, 0.15) is 5.82 Å². The number of hydrogen-bond acceptors (Lipinski definition) is 5. The lowest BCUT2D eigenvalue weighted by Crippen LogP contribution is -2.27. The van der Waals surface area contributed by atoms with Gasteiger partial charge in [0.05, 0.1) is 0 Å². The summed E-state index contributed by atoms with van der Waals surface area (Å²) in [5, 5.41) is 10.2. The molecule has 0 atom stereocenters. The van der Waals surface area contributed by atoms with Crippen LogP contribution in [0.2, 0.25) is 0 Å². The highest BCUT2D eigenvalue weighted by molar-refractivity contribution is 5.61. The van der Waals surface area contributed by atoms with Gasteiger partial charge in [-0.05, 0) is 77.2 Å². The Morgan fingerprint density at radius 1 is 1.16 bits per heavy atom. The zero-order chi connectivity index (χ0) is 17.9. The van der Waals surface area contributed by atoms with E-state index in [0.29, 0.717) is 11.9 Å². The molecule has 1 fully saturated rings. The summed E-state index contributed by atoms with van der Waals surface area (Å²) in [4.78, 5) is 9.04. The molecule has 3 rings (SSSR count). The van der Waals surface area contributed by atoms with Crippen molar-refractivity contribution in [1.82, 2.24) is 15.3 Å². The molecule has 134 valence electrons. The fraction of sp³-hybridized carbons (Fsp3) is 0.500. The van der Waals surface area contributed by atoms with Gasteiger partial charge in [0.15, 0.2) is 0 Å². The summed E-state index contributed by atoms with van der Waals surface area (Å²) in [5.74, 6) is 2.15. The average molecular weight is 339 g/mol. The number of hydrogen-bond donors (Lipinski definition) is 3. The van der Waals surface area contributed by atoms with E-state index >= 15 is 0 Å². The second-order valence-corrected chi connectivity index (χ2v) is 7.87. The number of anilines is 3. The number of aromatic nitrogens is 2. The van der Waals surface area contributed by atoms with Crippen molar-refractivity contribution in [2.24, 2.45) is 0 Å². The largest absolute Gasteiger partial charge is 0.350 e. The van der Waals surface area contributed by atoms with Crippen molar-refractivity contribution >= 4 is 17.5 Å². The minimum absolute atomic E-state index is 0.0680. The Hall–Kier alpha value is -2.14. The van der Waals surface area contributed by atoms with Gasteiger partial charge in [-0.15, -0.1) is 0 Å². The maximum absolute atomic E-state index is 4.65. The topological polar surface area (TPSA) is 61.9 Å². The summed E-state index contributed by atoms with van der Waals surface area (Å²) < 4.78 is 0. The van der Waals surface area contributed by atoms with Crippen molar-refractivity contribution in [2.75, 3.05) is 23.7 Å². The van der Waals surface area contributed by atoms with E-state index in [4.69, 9.17) is 0 Å². The van der Waals surface area contributed by atoms with Gasteiger partial charge in [-0.2, -0.15) is 4.98 Å². The summed E-state index contributed by atoms with van der Waals surface area (Å²) in [7, 11) is 0. The highest BCUT2D eigenvalue weighted by Gasteiger charge is 2.16. The molecular weight excluding hydrogens is 310 g/mol. The molecule has 1 aliphatic rings. The molecule has 1 aromatic carbocycles. The van der Waals surface area contributed by atoms with Crippen LogP contribution in [-0.4, -0.2) is 28.6 Å². The zero-order valence-electron chi connectivity index (χ0n) is 15.7. The standard InChI is InChI=1S/C20H29N5/c1-14-13-22-19(25-20(2,3)4)24-18(14)23-17-7-5-6-16(12-17)15-8-10-21-11-9-15/h5-7,12-13,15,21H,8-11H2,1-4H3,(H2,22,23,24,25). The maximum atomic E-state index is 4.65. The Bertz CT molecular complexity index is 714. The Balaban J connectivity index is 1.78. The molecule has 2 heterocycles. The maximum Gasteiger partial charge on any atom is 0.225 e. The lowest BCUT2D eigenvalue weighted by atomic mass is 9.90. The molecule has 0 radical (unpaired) electrons. The molecule has 5 nitrogen and oxygen atoms in total. The van der Waals surface area contributed by atoms with Crippen LogP contribution in [0.4, 0.5) is 17.5 Å². The van der Waals surface area contributed by atoms with E-state index < -0.39 is 0 Å². The van der Waals surface area contributed by atoms with Crippen LogP contribution < -0.4 is 16.0 Å². The van der Waals surface area contributed by atoms with Crippen LogP contribution in [0.3, 0.4) is 0 Å². The van der Waals surface area contributed by atoms with E-state index in [1.165, 1.54) is 18.4 Å². The molecule has 0 unspecified atom stereocenters. The molecule has 1 aliphatic heterocycles. The molecule has 1 saturated heterocycles. The second-order valence-electron chi connectivity index (χ2n) is 7.87. The van der Waals surface area contributed by atoms with Crippen LogP contribution in [0.1, 0.15) is 50.7 Å². The van der Waals surface area contributed by atoms with Crippen LogP contribution in [-0.2, 0) is 0 Å². The average Bonchev–Trinajstić information content (AvgIpc) is 2.58. The van der Waals surface area contributed by atoms with Crippen LogP contribution >= 0.6 is 0 Å². The smallest absolute Gasteiger partial charge is 0.225 e. The molecule has 0 aliphatic carbocycles. The summed E-state index contributed by atoms with van der Waals surface area (Å²) >= 11 is 0. The highest BCUT2D eigenvalue weighted by Crippen LogP contribution is 2.28. The Morgan fingerprint density at radius 3 is 2.64 bits per heavy atom. The third-order valence-electron chi connectivity index (χ3n) is 4.42. The predicted molar refractivity (Wildman–Crippen MR) is 105 cm³/mol. The highest BCUT2D eigenvalue weighted by atomic mass is 15.2. The number of nitrogens with zero attached hydrogens (tertiary/aromatic N) is 2. The van der Waals surface area contributed by atoms with Gasteiger partial charge in [-0.1, -0.05) is 12.1 Å². The molecule has 2 aromatic rings. The molecule has 3 N–H and O–H groups in total. The number of aryl methyl sites for hydroxylation is 1. The van der Waals surface area contributed by atoms with Gasteiger partial charge in [-0.3, -0.25) is 0 Å². The predicted octanol–water partition coefficient (Wildman–Crippen LogP) is 4.21. The van der Waals surface area contributed by atoms with E-state index in [0.717, 1.165) is 30.2 Å². The van der Waals surface area contributed by atoms with Crippen LogP contribution in [0, 0.1) is 6.92 Å². The fourth-order valence-corrected chi connectivity index (χ4v) is 3.13. The molecule has 25 heavy (non-hydrogen) atoms. The molecule has 0 spiro atoms. The first kappa shape index (κ1) is 17.7. The van der Waals surface area contributed by atoms with Gasteiger partial charge in [0.2, 0.25) is 5.95 Å². The first-order valence-corrected chi connectivity index (χ1v) is 9.10. The van der Waals surface area contributed by atoms with Crippen molar-refractivity contribution in [2.45, 2.75) is 52.0 Å². The van der Waals surface area contributed by atoms with Crippen molar-refractivity contribution in [3.63, 3.8) is 0 Å². The minimum Gasteiger partial charge on any atom is -0.350 e. The molecule has 0 amide bonds. The van der Waals surface area contributed by atoms with Crippen molar-refractivity contribution in [1.29, 1.82) is 0 Å². The van der Waals surface area contributed by atoms with Gasteiger partial charge in [0.25, 0.3) is 0 Å². The van der Waals surface area contributed by atoms with E-state index in [9.17, 15) is 0 Å². The molecule has 0 saturated carbocycles. The molecule has 1 aromatic heterocycles. The summed E-state index contributed by atoms with van der Waals surface area (Å²) in [6, 6.07) is 8.72. The first-order valence-electron chi connectivity index (χ1n) is 9.10. The van der Waals surface area contributed by atoms with Gasteiger partial charge in [-0.25, -0.2) is 4.98 Å². The molecule has 0 bridgehead atoms. The van der Waals surface area contributed by atoms with Crippen LogP contribution in [0.5, 0.6) is 0 Å². The van der Waals surface area contributed by atoms with Gasteiger partial charge < -0.3 is 16.0 Å². The third-order valence-corrected chi connectivity index (χ3v) is 4.42. The second kappa shape index (κ2) is 7.40. The normalized spacial score (nSPS) is 15.8. The van der Waals surface area contributed by atoms with Crippen molar-refractivity contribution in [3.8, 4) is 0 Å². The van der Waals surface area contributed by atoms with E-state index in [1.54, 1.807) is 0 Å². The lowest BCUT2D eigenvalue weighted by molar-refractivity contribution is 0.460. The monoisotopic (exact) mass is 339 g/mol. The van der Waals surface area contributed by atoms with E-state index in [-0.39, 0.29) is 5.54 Å². The Kier molecular flexibility index (Phi) is 5.23. The fourth-order valence-electron chi connectivity index (χ4n) is 3.13. The Morgan fingerprint density at radius 2 is 1.92 bits per heavy atom. The third kappa shape index (κ3) is 4.92. The molecular formula is C20H29N5. The molecule has 5 heteroatoms. The van der Waals surface area contributed by atoms with Crippen LogP contribution in [0.15, 0.2) is 30.5 Å². The SMILES string of the molecule is Cc1cnc(NC(C)(C)C)nc1Nc1cccc(C2CCNCC2)c1. The van der Waals surface area contributed by atoms with E-state index in [2.05, 4.69) is 71.0 Å². The van der Waals surface area contributed by atoms with Crippen LogP contribution in [0.25, 0.3) is 0 Å². The summed E-state index contributed by atoms with van der Waals surface area (Å²) in [6.45, 7) is 10.5. The lowest BCUT2D eigenvalue weighted by Gasteiger charge is -2.23. The Labute approximate surface area is 150 Å². The number of rotatable bonds is 4. The van der Waals surface area contributed by atoms with E-state index in [1.807, 2.05) is 13.1 Å². The first-order chi connectivity index (χ1) is 11.9. The van der Waals surface area contributed by atoms with Gasteiger partial charge >= 0.3 is 0 Å². The van der Waals surface area contributed by atoms with Gasteiger partial charge in [0, 0.05) is 23.0 Å². The summed E-state index contributed by atoms with van der Waals surface area (Å²) in [6.07, 6.45) is 4.27. The zero-order valence-corrected chi connectivity index (χ0v) is 15.7. The minimum atomic E-state index is -0.0680. The quantitative estimate of drug-likeness (QED) is 0.779. The number of piperidine rings is 1. The number of nitrogens with one attached hydrogen (secondary N) is 3. The van der Waals surface area contributed by atoms with Crippen molar-refractivity contribution in [3.05, 3.63) is 41.6 Å².